The average molecular weight is 343 g/mol. The van der Waals surface area contributed by atoms with Crippen molar-refractivity contribution in [1.29, 1.82) is 0 Å². The molecule has 0 unspecified atom stereocenters. The molecule has 0 bridgehead atoms. The Morgan fingerprint density at radius 3 is 2.76 bits per heavy atom. The summed E-state index contributed by atoms with van der Waals surface area (Å²) >= 11 is 3.50. The van der Waals surface area contributed by atoms with E-state index in [0.29, 0.717) is 5.92 Å². The van der Waals surface area contributed by atoms with Crippen LogP contribution in [0.1, 0.15) is 36.1 Å². The van der Waals surface area contributed by atoms with Gasteiger partial charge in [0.2, 0.25) is 0 Å². The third kappa shape index (κ3) is 2.46. The SMILES string of the molecule is Cn1c(Cc2cc(Br)nc(C3CC3)n2)nc2ccccc21. The molecule has 106 valence electrons. The molecule has 5 heteroatoms. The van der Waals surface area contributed by atoms with Gasteiger partial charge in [0.25, 0.3) is 0 Å². The molecular weight excluding hydrogens is 328 g/mol. The van der Waals surface area contributed by atoms with Crippen molar-refractivity contribution in [3.05, 3.63) is 52.3 Å². The van der Waals surface area contributed by atoms with E-state index in [4.69, 9.17) is 9.97 Å². The van der Waals surface area contributed by atoms with Gasteiger partial charge in [-0.1, -0.05) is 12.1 Å². The maximum atomic E-state index is 4.71. The van der Waals surface area contributed by atoms with E-state index in [1.807, 2.05) is 24.3 Å². The molecule has 0 spiro atoms. The van der Waals surface area contributed by atoms with Crippen LogP contribution in [0.3, 0.4) is 0 Å². The van der Waals surface area contributed by atoms with E-state index in [9.17, 15) is 0 Å². The standard InChI is InChI=1S/C16H15BrN4/c1-21-13-5-3-2-4-12(13)19-15(21)9-11-8-14(17)20-16(18-11)10-6-7-10/h2-5,8,10H,6-7,9H2,1H3. The summed E-state index contributed by atoms with van der Waals surface area (Å²) in [5.74, 6) is 2.56. The number of aryl methyl sites for hydroxylation is 1. The average Bonchev–Trinajstić information content (AvgIpc) is 3.26. The minimum atomic E-state index is 0.557. The van der Waals surface area contributed by atoms with E-state index in [0.717, 1.165) is 39.4 Å². The minimum Gasteiger partial charge on any atom is -0.331 e. The summed E-state index contributed by atoms with van der Waals surface area (Å²) in [5, 5.41) is 0. The number of imidazole rings is 1. The van der Waals surface area contributed by atoms with E-state index in [1.165, 1.54) is 12.8 Å². The Balaban J connectivity index is 1.72. The number of hydrogen-bond acceptors (Lipinski definition) is 3. The molecular formula is C16H15BrN4. The predicted octanol–water partition coefficient (Wildman–Crippen LogP) is 3.59. The van der Waals surface area contributed by atoms with Crippen LogP contribution in [0, 0.1) is 0 Å². The molecule has 1 saturated carbocycles. The van der Waals surface area contributed by atoms with Gasteiger partial charge in [0.15, 0.2) is 0 Å². The van der Waals surface area contributed by atoms with E-state index >= 15 is 0 Å². The van der Waals surface area contributed by atoms with E-state index in [2.05, 4.69) is 38.6 Å². The molecule has 4 nitrogen and oxygen atoms in total. The first kappa shape index (κ1) is 13.0. The lowest BCUT2D eigenvalue weighted by molar-refractivity contribution is 0.809. The fourth-order valence-electron chi connectivity index (χ4n) is 2.61. The maximum Gasteiger partial charge on any atom is 0.132 e. The zero-order valence-electron chi connectivity index (χ0n) is 11.8. The highest BCUT2D eigenvalue weighted by molar-refractivity contribution is 9.10. The van der Waals surface area contributed by atoms with Gasteiger partial charge in [-0.05, 0) is 47.0 Å². The molecule has 1 aromatic carbocycles. The second-order valence-electron chi connectivity index (χ2n) is 5.57. The van der Waals surface area contributed by atoms with Crippen molar-refractivity contribution in [3.63, 3.8) is 0 Å². The molecule has 0 atom stereocenters. The maximum absolute atomic E-state index is 4.71. The minimum absolute atomic E-state index is 0.557. The summed E-state index contributed by atoms with van der Waals surface area (Å²) in [6.45, 7) is 0. The molecule has 0 saturated heterocycles. The number of aromatic nitrogens is 4. The van der Waals surface area contributed by atoms with Gasteiger partial charge in [0.05, 0.1) is 16.7 Å². The number of para-hydroxylation sites is 2. The molecule has 1 aliphatic rings. The van der Waals surface area contributed by atoms with Gasteiger partial charge in [-0.25, -0.2) is 15.0 Å². The molecule has 2 heterocycles. The summed E-state index contributed by atoms with van der Waals surface area (Å²) in [5.41, 5.74) is 3.21. The van der Waals surface area contributed by atoms with Crippen LogP contribution in [0.2, 0.25) is 0 Å². The topological polar surface area (TPSA) is 43.6 Å². The highest BCUT2D eigenvalue weighted by Crippen LogP contribution is 2.38. The smallest absolute Gasteiger partial charge is 0.132 e. The normalized spacial score (nSPS) is 14.8. The van der Waals surface area contributed by atoms with Crippen LogP contribution in [0.15, 0.2) is 34.9 Å². The van der Waals surface area contributed by atoms with Gasteiger partial charge in [0, 0.05) is 19.4 Å². The van der Waals surface area contributed by atoms with Gasteiger partial charge in [-0.15, -0.1) is 0 Å². The van der Waals surface area contributed by atoms with Gasteiger partial charge < -0.3 is 4.57 Å². The third-order valence-electron chi connectivity index (χ3n) is 3.93. The second-order valence-corrected chi connectivity index (χ2v) is 6.38. The zero-order valence-corrected chi connectivity index (χ0v) is 13.3. The van der Waals surface area contributed by atoms with Crippen LogP contribution in [-0.2, 0) is 13.5 Å². The quantitative estimate of drug-likeness (QED) is 0.683. The number of benzene rings is 1. The zero-order chi connectivity index (χ0) is 14.4. The number of hydrogen-bond donors (Lipinski definition) is 0. The molecule has 1 aliphatic carbocycles. The Morgan fingerprint density at radius 1 is 1.19 bits per heavy atom. The lowest BCUT2D eigenvalue weighted by atomic mass is 10.2. The molecule has 0 N–H and O–H groups in total. The molecule has 2 aromatic heterocycles. The van der Waals surface area contributed by atoms with Crippen LogP contribution in [0.25, 0.3) is 11.0 Å². The van der Waals surface area contributed by atoms with Gasteiger partial charge >= 0.3 is 0 Å². The predicted molar refractivity (Wildman–Crippen MR) is 85.2 cm³/mol. The lowest BCUT2D eigenvalue weighted by Crippen LogP contribution is -2.04. The van der Waals surface area contributed by atoms with Crippen molar-refractivity contribution in [3.8, 4) is 0 Å². The number of nitrogens with zero attached hydrogens (tertiary/aromatic N) is 4. The molecule has 21 heavy (non-hydrogen) atoms. The van der Waals surface area contributed by atoms with Crippen molar-refractivity contribution in [2.45, 2.75) is 25.2 Å². The lowest BCUT2D eigenvalue weighted by Gasteiger charge is -2.05. The van der Waals surface area contributed by atoms with Crippen molar-refractivity contribution in [2.24, 2.45) is 7.05 Å². The van der Waals surface area contributed by atoms with Crippen LogP contribution < -0.4 is 0 Å². The molecule has 1 fully saturated rings. The Labute approximate surface area is 131 Å². The Morgan fingerprint density at radius 2 is 2.00 bits per heavy atom. The summed E-state index contributed by atoms with van der Waals surface area (Å²) in [6, 6.07) is 10.2. The fraction of sp³-hybridized carbons (Fsp3) is 0.312. The number of halogens is 1. The highest BCUT2D eigenvalue weighted by Gasteiger charge is 2.27. The van der Waals surface area contributed by atoms with Crippen LogP contribution in [0.5, 0.6) is 0 Å². The third-order valence-corrected chi connectivity index (χ3v) is 4.33. The fourth-order valence-corrected chi connectivity index (χ4v) is 3.06. The van der Waals surface area contributed by atoms with E-state index in [1.54, 1.807) is 0 Å². The second kappa shape index (κ2) is 4.91. The van der Waals surface area contributed by atoms with Gasteiger partial charge in [0.1, 0.15) is 16.3 Å². The van der Waals surface area contributed by atoms with Crippen LogP contribution in [0.4, 0.5) is 0 Å². The van der Waals surface area contributed by atoms with Crippen molar-refractivity contribution in [1.82, 2.24) is 19.5 Å². The van der Waals surface area contributed by atoms with Crippen molar-refractivity contribution in [2.75, 3.05) is 0 Å². The first-order valence-electron chi connectivity index (χ1n) is 7.14. The van der Waals surface area contributed by atoms with Crippen LogP contribution >= 0.6 is 15.9 Å². The van der Waals surface area contributed by atoms with E-state index in [-0.39, 0.29) is 0 Å². The molecule has 0 aliphatic heterocycles. The first-order valence-corrected chi connectivity index (χ1v) is 7.94. The van der Waals surface area contributed by atoms with Crippen molar-refractivity contribution < 1.29 is 0 Å². The van der Waals surface area contributed by atoms with Gasteiger partial charge in [-0.3, -0.25) is 0 Å². The number of fused-ring (bicyclic) bond motifs is 1. The highest BCUT2D eigenvalue weighted by atomic mass is 79.9. The van der Waals surface area contributed by atoms with Gasteiger partial charge in [-0.2, -0.15) is 0 Å². The summed E-state index contributed by atoms with van der Waals surface area (Å²) in [4.78, 5) is 13.9. The van der Waals surface area contributed by atoms with E-state index < -0.39 is 0 Å². The Hall–Kier alpha value is -1.75. The van der Waals surface area contributed by atoms with Crippen LogP contribution in [-0.4, -0.2) is 19.5 Å². The summed E-state index contributed by atoms with van der Waals surface area (Å²) in [7, 11) is 2.06. The number of rotatable bonds is 3. The first-order chi connectivity index (χ1) is 10.2. The summed E-state index contributed by atoms with van der Waals surface area (Å²) in [6.07, 6.45) is 3.15. The molecule has 0 radical (unpaired) electrons. The largest absolute Gasteiger partial charge is 0.331 e. The van der Waals surface area contributed by atoms with Crippen molar-refractivity contribution >= 4 is 27.0 Å². The Kier molecular flexibility index (Phi) is 3.03. The Bertz CT molecular complexity index is 820. The molecule has 0 amide bonds. The summed E-state index contributed by atoms with van der Waals surface area (Å²) < 4.78 is 3.01. The molecule has 3 aromatic rings. The monoisotopic (exact) mass is 342 g/mol. The molecule has 4 rings (SSSR count).